The van der Waals surface area contributed by atoms with Gasteiger partial charge in [-0.15, -0.1) is 0 Å². The van der Waals surface area contributed by atoms with Crippen molar-refractivity contribution in [1.82, 2.24) is 5.32 Å². The van der Waals surface area contributed by atoms with Crippen LogP contribution in [0.2, 0.25) is 0 Å². The maximum absolute atomic E-state index is 12.1. The van der Waals surface area contributed by atoms with Crippen molar-refractivity contribution in [2.24, 2.45) is 0 Å². The minimum absolute atomic E-state index is 0.0624. The minimum atomic E-state index is -0.164. The van der Waals surface area contributed by atoms with E-state index >= 15 is 0 Å². The molecule has 122 valence electrons. The molecule has 2 aromatic carbocycles. The molecule has 2 aromatic rings. The molecule has 0 radical (unpaired) electrons. The van der Waals surface area contributed by atoms with Crippen LogP contribution < -0.4 is 10.6 Å². The van der Waals surface area contributed by atoms with Gasteiger partial charge in [-0.25, -0.2) is 0 Å². The van der Waals surface area contributed by atoms with Crippen molar-refractivity contribution in [3.63, 3.8) is 0 Å². The van der Waals surface area contributed by atoms with Gasteiger partial charge in [0.15, 0.2) is 0 Å². The molecule has 0 spiro atoms. The van der Waals surface area contributed by atoms with E-state index in [0.717, 1.165) is 11.3 Å². The zero-order valence-corrected chi connectivity index (χ0v) is 13.9. The number of carbonyl (C=O) groups is 1. The van der Waals surface area contributed by atoms with Gasteiger partial charge >= 0.3 is 0 Å². The predicted molar refractivity (Wildman–Crippen MR) is 93.8 cm³/mol. The van der Waals surface area contributed by atoms with Crippen molar-refractivity contribution in [1.29, 1.82) is 0 Å². The zero-order valence-electron chi connectivity index (χ0n) is 13.9. The van der Waals surface area contributed by atoms with Crippen LogP contribution >= 0.6 is 0 Å². The van der Waals surface area contributed by atoms with Crippen LogP contribution in [0.25, 0.3) is 0 Å². The first-order chi connectivity index (χ1) is 11.0. The Balaban J connectivity index is 2.18. The molecule has 2 rings (SSSR count). The van der Waals surface area contributed by atoms with E-state index in [-0.39, 0.29) is 25.1 Å². The summed E-state index contributed by atoms with van der Waals surface area (Å²) in [6, 6.07) is 14.2. The fourth-order valence-corrected chi connectivity index (χ4v) is 2.56. The molecule has 0 fully saturated rings. The van der Waals surface area contributed by atoms with Crippen LogP contribution in [0.5, 0.6) is 0 Å². The first-order valence-corrected chi connectivity index (χ1v) is 7.84. The molecule has 0 aliphatic heterocycles. The van der Waals surface area contributed by atoms with Crippen molar-refractivity contribution in [3.05, 3.63) is 64.7 Å². The normalized spacial score (nSPS) is 11.8. The molecular formula is C19H24N2O2. The standard InChI is InChI=1S/C19H24N2O2/c1-13-6-4-7-16(12-13)15(3)21-18-9-5-8-17(14(18)2)19(23)20-10-11-22/h4-9,12,15,21-22H,10-11H2,1-3H3,(H,20,23). The van der Waals surface area contributed by atoms with Crippen molar-refractivity contribution in [2.75, 3.05) is 18.5 Å². The maximum Gasteiger partial charge on any atom is 0.251 e. The molecule has 0 saturated carbocycles. The minimum Gasteiger partial charge on any atom is -0.395 e. The van der Waals surface area contributed by atoms with Crippen molar-refractivity contribution in [3.8, 4) is 0 Å². The second-order valence-electron chi connectivity index (χ2n) is 5.74. The lowest BCUT2D eigenvalue weighted by Crippen LogP contribution is -2.27. The number of rotatable bonds is 6. The quantitative estimate of drug-likeness (QED) is 0.767. The Hall–Kier alpha value is -2.33. The van der Waals surface area contributed by atoms with Crippen molar-refractivity contribution < 1.29 is 9.90 Å². The Kier molecular flexibility index (Phi) is 5.77. The Morgan fingerprint density at radius 1 is 1.17 bits per heavy atom. The second kappa shape index (κ2) is 7.79. The number of nitrogens with one attached hydrogen (secondary N) is 2. The predicted octanol–water partition coefficient (Wildman–Crippen LogP) is 3.20. The topological polar surface area (TPSA) is 61.4 Å². The van der Waals surface area contributed by atoms with Gasteiger partial charge in [-0.05, 0) is 44.0 Å². The van der Waals surface area contributed by atoms with Crippen LogP contribution in [0.3, 0.4) is 0 Å². The first kappa shape index (κ1) is 17.0. The van der Waals surface area contributed by atoms with Gasteiger partial charge < -0.3 is 15.7 Å². The largest absolute Gasteiger partial charge is 0.395 e. The molecule has 0 aliphatic carbocycles. The summed E-state index contributed by atoms with van der Waals surface area (Å²) in [5.74, 6) is -0.164. The molecule has 0 aliphatic rings. The lowest BCUT2D eigenvalue weighted by molar-refractivity contribution is 0.0944. The molecule has 0 aromatic heterocycles. The highest BCUT2D eigenvalue weighted by molar-refractivity contribution is 5.97. The van der Waals surface area contributed by atoms with Gasteiger partial charge in [0.2, 0.25) is 0 Å². The molecular weight excluding hydrogens is 288 g/mol. The number of aryl methyl sites for hydroxylation is 1. The third-order valence-corrected chi connectivity index (χ3v) is 3.89. The Morgan fingerprint density at radius 2 is 1.91 bits per heavy atom. The molecule has 23 heavy (non-hydrogen) atoms. The van der Waals surface area contributed by atoms with E-state index in [4.69, 9.17) is 5.11 Å². The summed E-state index contributed by atoms with van der Waals surface area (Å²) in [5, 5.41) is 15.0. The van der Waals surface area contributed by atoms with Gasteiger partial charge in [-0.1, -0.05) is 35.9 Å². The molecule has 1 unspecified atom stereocenters. The smallest absolute Gasteiger partial charge is 0.251 e. The molecule has 1 amide bonds. The van der Waals surface area contributed by atoms with Gasteiger partial charge in [-0.3, -0.25) is 4.79 Å². The Labute approximate surface area is 137 Å². The highest BCUT2D eigenvalue weighted by atomic mass is 16.3. The van der Waals surface area contributed by atoms with E-state index in [9.17, 15) is 4.79 Å². The Morgan fingerprint density at radius 3 is 2.61 bits per heavy atom. The summed E-state index contributed by atoms with van der Waals surface area (Å²) in [4.78, 5) is 12.1. The van der Waals surface area contributed by atoms with Gasteiger partial charge in [0, 0.05) is 23.8 Å². The van der Waals surface area contributed by atoms with Crippen molar-refractivity contribution >= 4 is 11.6 Å². The molecule has 0 bridgehead atoms. The summed E-state index contributed by atoms with van der Waals surface area (Å²) in [6.45, 7) is 6.31. The van der Waals surface area contributed by atoms with Gasteiger partial charge in [0.25, 0.3) is 5.91 Å². The summed E-state index contributed by atoms with van der Waals surface area (Å²) < 4.78 is 0. The highest BCUT2D eigenvalue weighted by Crippen LogP contribution is 2.24. The molecule has 1 atom stereocenters. The summed E-state index contributed by atoms with van der Waals surface area (Å²) >= 11 is 0. The zero-order chi connectivity index (χ0) is 16.8. The second-order valence-corrected chi connectivity index (χ2v) is 5.74. The third kappa shape index (κ3) is 4.33. The third-order valence-electron chi connectivity index (χ3n) is 3.89. The molecule has 0 heterocycles. The highest BCUT2D eigenvalue weighted by Gasteiger charge is 2.13. The lowest BCUT2D eigenvalue weighted by atomic mass is 10.0. The van der Waals surface area contributed by atoms with Crippen LogP contribution in [0.4, 0.5) is 5.69 Å². The van der Waals surface area contributed by atoms with Crippen LogP contribution in [-0.2, 0) is 0 Å². The monoisotopic (exact) mass is 312 g/mol. The number of carbonyl (C=O) groups excluding carboxylic acids is 1. The fraction of sp³-hybridized carbons (Fsp3) is 0.316. The van der Waals surface area contributed by atoms with Gasteiger partial charge in [-0.2, -0.15) is 0 Å². The molecule has 4 heteroatoms. The SMILES string of the molecule is Cc1cccc(C(C)Nc2cccc(C(=O)NCCO)c2C)c1. The van der Waals surface area contributed by atoms with Gasteiger partial charge in [0.05, 0.1) is 6.61 Å². The lowest BCUT2D eigenvalue weighted by Gasteiger charge is -2.19. The summed E-state index contributed by atoms with van der Waals surface area (Å²) in [5.41, 5.74) is 4.91. The van der Waals surface area contributed by atoms with E-state index in [1.54, 1.807) is 6.07 Å². The Bertz CT molecular complexity index is 683. The van der Waals surface area contributed by atoms with Gasteiger partial charge in [0.1, 0.15) is 0 Å². The number of anilines is 1. The number of benzene rings is 2. The number of aliphatic hydroxyl groups is 1. The summed E-state index contributed by atoms with van der Waals surface area (Å²) in [6.07, 6.45) is 0. The van der Waals surface area contributed by atoms with E-state index in [1.807, 2.05) is 19.1 Å². The first-order valence-electron chi connectivity index (χ1n) is 7.84. The molecule has 4 nitrogen and oxygen atoms in total. The van der Waals surface area contributed by atoms with E-state index in [0.29, 0.717) is 5.56 Å². The molecule has 3 N–H and O–H groups in total. The average Bonchev–Trinajstić information content (AvgIpc) is 2.54. The number of hydrogen-bond donors (Lipinski definition) is 3. The molecule has 0 saturated heterocycles. The average molecular weight is 312 g/mol. The van der Waals surface area contributed by atoms with Crippen LogP contribution in [0, 0.1) is 13.8 Å². The maximum atomic E-state index is 12.1. The van der Waals surface area contributed by atoms with E-state index in [1.165, 1.54) is 11.1 Å². The number of aliphatic hydroxyl groups excluding tert-OH is 1. The van der Waals surface area contributed by atoms with Crippen molar-refractivity contribution in [2.45, 2.75) is 26.8 Å². The summed E-state index contributed by atoms with van der Waals surface area (Å²) in [7, 11) is 0. The van der Waals surface area contributed by atoms with Crippen LogP contribution in [-0.4, -0.2) is 24.2 Å². The van der Waals surface area contributed by atoms with Crippen LogP contribution in [0.1, 0.15) is 40.0 Å². The van der Waals surface area contributed by atoms with Crippen LogP contribution in [0.15, 0.2) is 42.5 Å². The number of hydrogen-bond acceptors (Lipinski definition) is 3. The fourth-order valence-electron chi connectivity index (χ4n) is 2.56. The number of amides is 1. The van der Waals surface area contributed by atoms with E-state index in [2.05, 4.69) is 48.7 Å². The van der Waals surface area contributed by atoms with E-state index < -0.39 is 0 Å².